The summed E-state index contributed by atoms with van der Waals surface area (Å²) in [6.07, 6.45) is -0.574. The first-order valence-electron chi connectivity index (χ1n) is 6.16. The van der Waals surface area contributed by atoms with Crippen molar-refractivity contribution in [3.05, 3.63) is 34.4 Å². The number of nitro groups is 1. The third-order valence-electron chi connectivity index (χ3n) is 2.41. The number of unbranched alkanes of at least 4 members (excludes halogenated alkanes) is 1. The maximum absolute atomic E-state index is 11.4. The van der Waals surface area contributed by atoms with Crippen LogP contribution in [0.4, 0.5) is 15.3 Å². The fourth-order valence-corrected chi connectivity index (χ4v) is 1.41. The SMILES string of the molecule is O=C(O)NCCCCNC(=O)Oc1ccc([N+](=O)[O-])cc1. The number of benzene rings is 1. The molecule has 0 aliphatic heterocycles. The lowest BCUT2D eigenvalue weighted by atomic mass is 10.3. The van der Waals surface area contributed by atoms with E-state index in [9.17, 15) is 19.7 Å². The monoisotopic (exact) mass is 297 g/mol. The Kier molecular flexibility index (Phi) is 6.45. The van der Waals surface area contributed by atoms with Gasteiger partial charge in [0, 0.05) is 25.2 Å². The summed E-state index contributed by atoms with van der Waals surface area (Å²) in [6.45, 7) is 0.654. The molecule has 0 bridgehead atoms. The number of carboxylic acid groups (broad SMARTS) is 1. The second kappa shape index (κ2) is 8.35. The molecule has 9 heteroatoms. The Morgan fingerprint density at radius 3 is 2.24 bits per heavy atom. The summed E-state index contributed by atoms with van der Waals surface area (Å²) >= 11 is 0. The Morgan fingerprint density at radius 1 is 1.14 bits per heavy atom. The van der Waals surface area contributed by atoms with Crippen molar-refractivity contribution in [3.63, 3.8) is 0 Å². The Labute approximate surface area is 120 Å². The molecule has 0 heterocycles. The van der Waals surface area contributed by atoms with Crippen molar-refractivity contribution in [3.8, 4) is 5.75 Å². The lowest BCUT2D eigenvalue weighted by molar-refractivity contribution is -0.384. The van der Waals surface area contributed by atoms with Gasteiger partial charge in [0.25, 0.3) is 5.69 Å². The highest BCUT2D eigenvalue weighted by atomic mass is 16.6. The van der Waals surface area contributed by atoms with Gasteiger partial charge in [-0.25, -0.2) is 9.59 Å². The zero-order valence-electron chi connectivity index (χ0n) is 11.1. The van der Waals surface area contributed by atoms with Crippen LogP contribution in [0.2, 0.25) is 0 Å². The number of amides is 2. The minimum absolute atomic E-state index is 0.0892. The van der Waals surface area contributed by atoms with E-state index in [-0.39, 0.29) is 11.4 Å². The van der Waals surface area contributed by atoms with Crippen LogP contribution in [-0.4, -0.2) is 35.3 Å². The van der Waals surface area contributed by atoms with Crippen molar-refractivity contribution in [2.75, 3.05) is 13.1 Å². The number of rotatable bonds is 7. The second-order valence-electron chi connectivity index (χ2n) is 4.01. The summed E-state index contributed by atoms with van der Waals surface area (Å²) in [5.74, 6) is 0.200. The maximum atomic E-state index is 11.4. The van der Waals surface area contributed by atoms with E-state index in [0.717, 1.165) is 0 Å². The number of carbonyl (C=O) groups excluding carboxylic acids is 1. The molecule has 9 nitrogen and oxygen atoms in total. The molecule has 0 aliphatic rings. The lowest BCUT2D eigenvalue weighted by Crippen LogP contribution is -2.28. The number of hydrogen-bond donors (Lipinski definition) is 3. The first-order valence-corrected chi connectivity index (χ1v) is 6.16. The summed E-state index contributed by atoms with van der Waals surface area (Å²) in [5.41, 5.74) is -0.0892. The van der Waals surface area contributed by atoms with Crippen LogP contribution in [0.25, 0.3) is 0 Å². The quantitative estimate of drug-likeness (QED) is 0.399. The van der Waals surface area contributed by atoms with Gasteiger partial charge in [-0.1, -0.05) is 0 Å². The van der Waals surface area contributed by atoms with E-state index < -0.39 is 17.1 Å². The number of hydrogen-bond acceptors (Lipinski definition) is 5. The van der Waals surface area contributed by atoms with Gasteiger partial charge in [-0.2, -0.15) is 0 Å². The summed E-state index contributed by atoms with van der Waals surface area (Å²) < 4.78 is 4.91. The average molecular weight is 297 g/mol. The third kappa shape index (κ3) is 6.76. The summed E-state index contributed by atoms with van der Waals surface area (Å²) in [5, 5.41) is 23.5. The standard InChI is InChI=1S/C12H15N3O6/c16-11(17)13-7-1-2-8-14-12(18)21-10-5-3-9(4-6-10)15(19)20/h3-6,13H,1-2,7-8H2,(H,14,18)(H,16,17). The van der Waals surface area contributed by atoms with Crippen LogP contribution in [0.15, 0.2) is 24.3 Å². The molecule has 1 rings (SSSR count). The minimum atomic E-state index is -1.08. The van der Waals surface area contributed by atoms with E-state index in [1.54, 1.807) is 0 Å². The van der Waals surface area contributed by atoms with Gasteiger partial charge in [-0.15, -0.1) is 0 Å². The fraction of sp³-hybridized carbons (Fsp3) is 0.333. The fourth-order valence-electron chi connectivity index (χ4n) is 1.41. The Balaban J connectivity index is 2.21. The summed E-state index contributed by atoms with van der Waals surface area (Å²) in [4.78, 5) is 31.5. The van der Waals surface area contributed by atoms with Gasteiger partial charge in [0.15, 0.2) is 0 Å². The van der Waals surface area contributed by atoms with E-state index in [2.05, 4.69) is 10.6 Å². The zero-order chi connectivity index (χ0) is 15.7. The van der Waals surface area contributed by atoms with Crippen LogP contribution in [-0.2, 0) is 0 Å². The number of nitrogens with zero attached hydrogens (tertiary/aromatic N) is 1. The van der Waals surface area contributed by atoms with Gasteiger partial charge in [-0.05, 0) is 25.0 Å². The van der Waals surface area contributed by atoms with Crippen molar-refractivity contribution in [2.45, 2.75) is 12.8 Å². The molecule has 0 spiro atoms. The molecule has 0 aliphatic carbocycles. The van der Waals surface area contributed by atoms with Crippen LogP contribution < -0.4 is 15.4 Å². The highest BCUT2D eigenvalue weighted by Crippen LogP contribution is 2.17. The first-order chi connectivity index (χ1) is 9.99. The van der Waals surface area contributed by atoms with Crippen molar-refractivity contribution in [1.29, 1.82) is 0 Å². The number of ether oxygens (including phenoxy) is 1. The molecule has 0 atom stereocenters. The van der Waals surface area contributed by atoms with Crippen LogP contribution >= 0.6 is 0 Å². The van der Waals surface area contributed by atoms with Gasteiger partial charge >= 0.3 is 12.2 Å². The van der Waals surface area contributed by atoms with Crippen LogP contribution in [0.1, 0.15) is 12.8 Å². The Morgan fingerprint density at radius 2 is 1.71 bits per heavy atom. The highest BCUT2D eigenvalue weighted by molar-refractivity contribution is 5.70. The first kappa shape index (κ1) is 16.2. The van der Waals surface area contributed by atoms with Gasteiger partial charge in [0.1, 0.15) is 5.75 Å². The molecule has 3 N–H and O–H groups in total. The van der Waals surface area contributed by atoms with E-state index in [4.69, 9.17) is 9.84 Å². The predicted octanol–water partition coefficient (Wildman–Crippen LogP) is 1.73. The van der Waals surface area contributed by atoms with E-state index in [1.165, 1.54) is 24.3 Å². The van der Waals surface area contributed by atoms with Crippen LogP contribution in [0, 0.1) is 10.1 Å². The van der Waals surface area contributed by atoms with Gasteiger partial charge < -0.3 is 20.5 Å². The van der Waals surface area contributed by atoms with E-state index in [1.807, 2.05) is 0 Å². The number of carbonyl (C=O) groups is 2. The molecule has 0 aromatic heterocycles. The van der Waals surface area contributed by atoms with Crippen molar-refractivity contribution < 1.29 is 24.4 Å². The topological polar surface area (TPSA) is 131 Å². The molecule has 114 valence electrons. The molecule has 0 saturated carbocycles. The molecule has 1 aromatic carbocycles. The zero-order valence-corrected chi connectivity index (χ0v) is 11.1. The number of non-ortho nitro benzene ring substituents is 1. The molecule has 2 amide bonds. The second-order valence-corrected chi connectivity index (χ2v) is 4.01. The van der Waals surface area contributed by atoms with Crippen molar-refractivity contribution in [2.24, 2.45) is 0 Å². The van der Waals surface area contributed by atoms with Gasteiger partial charge in [0.2, 0.25) is 0 Å². The van der Waals surface area contributed by atoms with Crippen molar-refractivity contribution in [1.82, 2.24) is 10.6 Å². The molecule has 0 fully saturated rings. The Bertz CT molecular complexity index is 502. The predicted molar refractivity (Wildman–Crippen MR) is 72.4 cm³/mol. The third-order valence-corrected chi connectivity index (χ3v) is 2.41. The molecule has 0 radical (unpaired) electrons. The summed E-state index contributed by atoms with van der Waals surface area (Å²) in [7, 11) is 0. The normalized spacial score (nSPS) is 9.71. The molecule has 0 saturated heterocycles. The largest absolute Gasteiger partial charge is 0.465 e. The van der Waals surface area contributed by atoms with E-state index in [0.29, 0.717) is 25.9 Å². The molecular weight excluding hydrogens is 282 g/mol. The summed E-state index contributed by atoms with van der Waals surface area (Å²) in [6, 6.07) is 5.13. The van der Waals surface area contributed by atoms with E-state index >= 15 is 0 Å². The van der Waals surface area contributed by atoms with Crippen LogP contribution in [0.5, 0.6) is 5.75 Å². The molecule has 21 heavy (non-hydrogen) atoms. The van der Waals surface area contributed by atoms with Gasteiger partial charge in [-0.3, -0.25) is 10.1 Å². The number of nitro benzene ring substituents is 1. The smallest absolute Gasteiger partial charge is 0.412 e. The highest BCUT2D eigenvalue weighted by Gasteiger charge is 2.07. The van der Waals surface area contributed by atoms with Crippen molar-refractivity contribution >= 4 is 17.9 Å². The maximum Gasteiger partial charge on any atom is 0.412 e. The molecule has 1 aromatic rings. The van der Waals surface area contributed by atoms with Crippen LogP contribution in [0.3, 0.4) is 0 Å². The molecule has 0 unspecified atom stereocenters. The molecular formula is C12H15N3O6. The number of nitrogens with one attached hydrogen (secondary N) is 2. The average Bonchev–Trinajstić information content (AvgIpc) is 2.43. The minimum Gasteiger partial charge on any atom is -0.465 e. The van der Waals surface area contributed by atoms with Gasteiger partial charge in [0.05, 0.1) is 4.92 Å². The lowest BCUT2D eigenvalue weighted by Gasteiger charge is -2.06. The Hall–Kier alpha value is -2.84.